The number of nitrogens with one attached hydrogen (secondary N) is 3. The van der Waals surface area contributed by atoms with E-state index in [2.05, 4.69) is 20.9 Å². The number of benzene rings is 2. The van der Waals surface area contributed by atoms with Crippen molar-refractivity contribution in [1.82, 2.24) is 20.9 Å². The Kier molecular flexibility index (Phi) is 8.99. The average molecular weight is 615 g/mol. The third kappa shape index (κ3) is 7.27. The fraction of sp³-hybridized carbons (Fsp3) is 0.207. The van der Waals surface area contributed by atoms with Gasteiger partial charge >= 0.3 is 18.2 Å². The van der Waals surface area contributed by atoms with Crippen LogP contribution in [0.25, 0.3) is 10.9 Å². The molecule has 10 nitrogen and oxygen atoms in total. The average Bonchev–Trinajstić information content (AvgIpc) is 3.55. The Morgan fingerprint density at radius 1 is 1.09 bits per heavy atom. The van der Waals surface area contributed by atoms with Crippen LogP contribution in [0.2, 0.25) is 0 Å². The zero-order valence-electron chi connectivity index (χ0n) is 22.7. The van der Waals surface area contributed by atoms with Gasteiger partial charge in [0.05, 0.1) is 16.0 Å². The summed E-state index contributed by atoms with van der Waals surface area (Å²) in [6.07, 6.45) is -5.08. The minimum Gasteiger partial charge on any atom is -0.489 e. The predicted molar refractivity (Wildman–Crippen MR) is 150 cm³/mol. The van der Waals surface area contributed by atoms with E-state index in [1.54, 1.807) is 18.4 Å². The monoisotopic (exact) mass is 614 g/mol. The van der Waals surface area contributed by atoms with Gasteiger partial charge in [-0.2, -0.15) is 13.2 Å². The highest BCUT2D eigenvalue weighted by Gasteiger charge is 2.46. The number of carboxylic acid groups (broad SMARTS) is 1. The van der Waals surface area contributed by atoms with Crippen LogP contribution in [0, 0.1) is 6.92 Å². The van der Waals surface area contributed by atoms with E-state index < -0.39 is 29.6 Å². The molecule has 5 rings (SSSR count). The molecule has 2 aromatic heterocycles. The number of rotatable bonds is 7. The van der Waals surface area contributed by atoms with Gasteiger partial charge in [-0.05, 0) is 55.1 Å². The number of urea groups is 1. The molecule has 14 heteroatoms. The van der Waals surface area contributed by atoms with Gasteiger partial charge in [0.1, 0.15) is 12.4 Å². The second kappa shape index (κ2) is 12.5. The lowest BCUT2D eigenvalue weighted by Crippen LogP contribution is -2.41. The first-order chi connectivity index (χ1) is 20.3. The molecule has 0 bridgehead atoms. The van der Waals surface area contributed by atoms with Crippen molar-refractivity contribution in [2.24, 2.45) is 0 Å². The maximum atomic E-state index is 12.9. The number of carbonyl (C=O) groups excluding carboxylic acids is 3. The van der Waals surface area contributed by atoms with Gasteiger partial charge in [0.2, 0.25) is 0 Å². The molecule has 4 N–H and O–H groups in total. The molecule has 2 aromatic carbocycles. The highest BCUT2D eigenvalue weighted by Crippen LogP contribution is 2.32. The van der Waals surface area contributed by atoms with Crippen LogP contribution in [0.15, 0.2) is 66.0 Å². The number of imide groups is 1. The van der Waals surface area contributed by atoms with Crippen molar-refractivity contribution in [1.29, 1.82) is 0 Å². The summed E-state index contributed by atoms with van der Waals surface area (Å²) in [5, 5.41) is 17.6. The van der Waals surface area contributed by atoms with Crippen molar-refractivity contribution in [2.45, 2.75) is 38.7 Å². The molecule has 4 amide bonds. The summed E-state index contributed by atoms with van der Waals surface area (Å²) in [5.74, 6) is -2.83. The number of thiophene rings is 1. The van der Waals surface area contributed by atoms with E-state index in [9.17, 15) is 27.6 Å². The van der Waals surface area contributed by atoms with Crippen molar-refractivity contribution >= 4 is 46.1 Å². The number of fused-ring (bicyclic) bond motifs is 1. The zero-order chi connectivity index (χ0) is 31.4. The molecule has 1 atom stereocenters. The van der Waals surface area contributed by atoms with Gasteiger partial charge in [-0.1, -0.05) is 30.3 Å². The van der Waals surface area contributed by atoms with Crippen LogP contribution in [-0.4, -0.2) is 40.1 Å². The largest absolute Gasteiger partial charge is 0.490 e. The van der Waals surface area contributed by atoms with E-state index in [0.717, 1.165) is 33.5 Å². The first-order valence-electron chi connectivity index (χ1n) is 12.6. The number of carboxylic acids is 1. The van der Waals surface area contributed by atoms with Crippen molar-refractivity contribution in [3.8, 4) is 5.75 Å². The summed E-state index contributed by atoms with van der Waals surface area (Å²) >= 11 is 1.25. The number of halogens is 3. The summed E-state index contributed by atoms with van der Waals surface area (Å²) in [6, 6.07) is 18.6. The number of aryl methyl sites for hydroxylation is 1. The predicted octanol–water partition coefficient (Wildman–Crippen LogP) is 4.80. The first-order valence-corrected chi connectivity index (χ1v) is 13.5. The number of hydrogen-bond donors (Lipinski definition) is 4. The van der Waals surface area contributed by atoms with Crippen LogP contribution < -0.4 is 20.7 Å². The van der Waals surface area contributed by atoms with Gasteiger partial charge in [-0.15, -0.1) is 11.3 Å². The molecule has 0 aliphatic carbocycles. The van der Waals surface area contributed by atoms with Gasteiger partial charge in [0.15, 0.2) is 5.54 Å². The number of hydrogen-bond acceptors (Lipinski definition) is 7. The van der Waals surface area contributed by atoms with Crippen molar-refractivity contribution < 1.29 is 42.2 Å². The minimum atomic E-state index is -5.08. The number of carbonyl (C=O) groups is 4. The van der Waals surface area contributed by atoms with Crippen LogP contribution in [0.4, 0.5) is 18.0 Å². The Morgan fingerprint density at radius 3 is 2.40 bits per heavy atom. The lowest BCUT2D eigenvalue weighted by molar-refractivity contribution is -0.192. The number of ether oxygens (including phenoxy) is 1. The van der Waals surface area contributed by atoms with Crippen LogP contribution in [0.3, 0.4) is 0 Å². The minimum absolute atomic E-state index is 0.303. The fourth-order valence-electron chi connectivity index (χ4n) is 4.23. The molecule has 43 heavy (non-hydrogen) atoms. The Bertz CT molecular complexity index is 1690. The molecule has 224 valence electrons. The summed E-state index contributed by atoms with van der Waals surface area (Å²) in [7, 11) is 0. The third-order valence-corrected chi connectivity index (χ3v) is 7.49. The Morgan fingerprint density at radius 2 is 1.77 bits per heavy atom. The van der Waals surface area contributed by atoms with Crippen molar-refractivity contribution in [3.63, 3.8) is 0 Å². The molecule has 0 radical (unpaired) electrons. The topological polar surface area (TPSA) is 147 Å². The zero-order valence-corrected chi connectivity index (χ0v) is 23.6. The number of para-hydroxylation sites is 1. The SMILES string of the molecule is Cc1cc(COc2ccc(CNC(=O)c3ccsc3C3(C)NC(=O)NC3=O)cc2)c2ccccc2n1.O=C(O)C(F)(F)F. The van der Waals surface area contributed by atoms with Crippen LogP contribution in [-0.2, 0) is 28.3 Å². The normalized spacial score (nSPS) is 16.1. The fourth-order valence-corrected chi connectivity index (χ4v) is 5.24. The lowest BCUT2D eigenvalue weighted by Gasteiger charge is -2.20. The van der Waals surface area contributed by atoms with E-state index in [-0.39, 0.29) is 5.91 Å². The third-order valence-electron chi connectivity index (χ3n) is 6.35. The summed E-state index contributed by atoms with van der Waals surface area (Å²) < 4.78 is 37.7. The second-order valence-electron chi connectivity index (χ2n) is 9.55. The molecular weight excluding hydrogens is 589 g/mol. The smallest absolute Gasteiger partial charge is 0.489 e. The van der Waals surface area contributed by atoms with Gasteiger partial charge in [0, 0.05) is 23.2 Å². The Labute approximate surface area is 246 Å². The number of amides is 4. The van der Waals surface area contributed by atoms with Crippen molar-refractivity contribution in [2.75, 3.05) is 0 Å². The lowest BCUT2D eigenvalue weighted by atomic mass is 9.97. The first kappa shape index (κ1) is 31.0. The van der Waals surface area contributed by atoms with Crippen LogP contribution in [0.1, 0.15) is 39.0 Å². The molecule has 1 aliphatic heterocycles. The summed E-state index contributed by atoms with van der Waals surface area (Å²) in [6.45, 7) is 4.28. The number of aromatic nitrogens is 1. The molecule has 0 spiro atoms. The van der Waals surface area contributed by atoms with Gasteiger partial charge in [-0.25, -0.2) is 9.59 Å². The second-order valence-corrected chi connectivity index (χ2v) is 10.5. The van der Waals surface area contributed by atoms with E-state index in [1.165, 1.54) is 11.3 Å². The number of aliphatic carboxylic acids is 1. The van der Waals surface area contributed by atoms with E-state index in [4.69, 9.17) is 14.6 Å². The highest BCUT2D eigenvalue weighted by molar-refractivity contribution is 7.10. The molecule has 1 fully saturated rings. The molecule has 1 unspecified atom stereocenters. The van der Waals surface area contributed by atoms with E-state index >= 15 is 0 Å². The molecule has 1 aliphatic rings. The van der Waals surface area contributed by atoms with Crippen molar-refractivity contribution in [3.05, 3.63) is 93.3 Å². The molecular formula is C29H25F3N4O6S. The molecule has 3 heterocycles. The Balaban J connectivity index is 0.000000541. The van der Waals surface area contributed by atoms with Gasteiger partial charge < -0.3 is 20.5 Å². The number of alkyl halides is 3. The Hall–Kier alpha value is -4.98. The van der Waals surface area contributed by atoms with E-state index in [1.807, 2.05) is 61.5 Å². The van der Waals surface area contributed by atoms with Gasteiger partial charge in [0.25, 0.3) is 11.8 Å². The van der Waals surface area contributed by atoms with Gasteiger partial charge in [-0.3, -0.25) is 19.9 Å². The maximum Gasteiger partial charge on any atom is 0.490 e. The highest BCUT2D eigenvalue weighted by atomic mass is 32.1. The summed E-state index contributed by atoms with van der Waals surface area (Å²) in [5.41, 5.74) is 2.95. The number of nitrogens with zero attached hydrogens (tertiary/aromatic N) is 1. The molecule has 1 saturated heterocycles. The molecule has 0 saturated carbocycles. The number of pyridine rings is 1. The maximum absolute atomic E-state index is 12.9. The van der Waals surface area contributed by atoms with Crippen LogP contribution >= 0.6 is 11.3 Å². The quantitative estimate of drug-likeness (QED) is 0.219. The summed E-state index contributed by atoms with van der Waals surface area (Å²) in [4.78, 5) is 50.7. The standard InChI is InChI=1S/C27H24N4O4S.C2HF3O2/c1-16-13-18(20-5-3-4-6-22(20)29-16)15-35-19-9-7-17(8-10-19)14-28-24(32)21-11-12-36-23(21)27(2)25(33)30-26(34)31-27;3-2(4,5)1(6)7/h3-13H,14-15H2,1-2H3,(H,28,32)(H2,30,31,33,34);(H,6,7). The van der Waals surface area contributed by atoms with E-state index in [0.29, 0.717) is 23.6 Å². The van der Waals surface area contributed by atoms with Crippen LogP contribution in [0.5, 0.6) is 5.75 Å². The molecule has 4 aromatic rings.